The summed E-state index contributed by atoms with van der Waals surface area (Å²) in [5.41, 5.74) is 9.71. The first-order valence-corrected chi connectivity index (χ1v) is 7.24. The highest BCUT2D eigenvalue weighted by Gasteiger charge is 2.11. The largest absolute Gasteiger partial charge is 0.496 e. The van der Waals surface area contributed by atoms with Gasteiger partial charge in [-0.3, -0.25) is 0 Å². The third-order valence-corrected chi connectivity index (χ3v) is 3.84. The molecule has 20 heavy (non-hydrogen) atoms. The lowest BCUT2D eigenvalue weighted by atomic mass is 10.1. The molecule has 1 heterocycles. The van der Waals surface area contributed by atoms with Crippen molar-refractivity contribution < 1.29 is 4.74 Å². The van der Waals surface area contributed by atoms with Gasteiger partial charge in [-0.25, -0.2) is 9.97 Å². The van der Waals surface area contributed by atoms with Gasteiger partial charge in [-0.05, 0) is 66.5 Å². The Morgan fingerprint density at radius 3 is 2.35 bits per heavy atom. The molecule has 4 nitrogen and oxygen atoms in total. The van der Waals surface area contributed by atoms with Gasteiger partial charge in [-0.2, -0.15) is 0 Å². The molecular formula is C15H18BrN3O. The molecular weight excluding hydrogens is 318 g/mol. The number of hydrogen-bond donors (Lipinski definition) is 1. The van der Waals surface area contributed by atoms with Crippen LogP contribution >= 0.6 is 15.9 Å². The van der Waals surface area contributed by atoms with E-state index in [1.54, 1.807) is 7.11 Å². The quantitative estimate of drug-likeness (QED) is 0.932. The lowest BCUT2D eigenvalue weighted by Crippen LogP contribution is -2.09. The van der Waals surface area contributed by atoms with Crippen LogP contribution in [0.5, 0.6) is 5.75 Å². The van der Waals surface area contributed by atoms with Crippen LogP contribution in [0.1, 0.15) is 17.0 Å². The van der Waals surface area contributed by atoms with E-state index in [4.69, 9.17) is 10.5 Å². The number of aryl methyl sites for hydroxylation is 2. The molecule has 5 heteroatoms. The minimum Gasteiger partial charge on any atom is -0.496 e. The first-order chi connectivity index (χ1) is 9.56. The number of aromatic nitrogens is 2. The minimum atomic E-state index is 0.610. The molecule has 0 saturated heterocycles. The Balaban J connectivity index is 2.46. The Hall–Kier alpha value is -1.46. The molecule has 0 bridgehead atoms. The molecule has 0 atom stereocenters. The van der Waals surface area contributed by atoms with Gasteiger partial charge >= 0.3 is 0 Å². The number of ether oxygens (including phenoxy) is 1. The molecule has 0 unspecified atom stereocenters. The Bertz CT molecular complexity index is 606. The van der Waals surface area contributed by atoms with Gasteiger partial charge in [0.2, 0.25) is 0 Å². The van der Waals surface area contributed by atoms with Gasteiger partial charge in [-0.15, -0.1) is 0 Å². The highest BCUT2D eigenvalue weighted by molar-refractivity contribution is 9.10. The van der Waals surface area contributed by atoms with Crippen LogP contribution < -0.4 is 10.5 Å². The topological polar surface area (TPSA) is 61.0 Å². The van der Waals surface area contributed by atoms with E-state index in [0.717, 1.165) is 45.0 Å². The van der Waals surface area contributed by atoms with E-state index in [9.17, 15) is 0 Å². The maximum atomic E-state index is 5.62. The number of benzene rings is 1. The zero-order valence-corrected chi connectivity index (χ0v) is 13.5. The summed E-state index contributed by atoms with van der Waals surface area (Å²) in [4.78, 5) is 9.18. The molecule has 2 N–H and O–H groups in total. The van der Waals surface area contributed by atoms with Gasteiger partial charge in [0.05, 0.1) is 11.6 Å². The van der Waals surface area contributed by atoms with Crippen molar-refractivity contribution in [3.05, 3.63) is 39.6 Å². The predicted octanol–water partition coefficient (Wildman–Crippen LogP) is 3.03. The van der Waals surface area contributed by atoms with E-state index < -0.39 is 0 Å². The van der Waals surface area contributed by atoms with Crippen LogP contribution in [0.2, 0.25) is 0 Å². The molecule has 0 aliphatic carbocycles. The molecule has 0 amide bonds. The SMILES string of the molecule is COc1ccc(-c2nc(C)c(CCN)c(C)n2)cc1Br. The van der Waals surface area contributed by atoms with E-state index in [0.29, 0.717) is 6.54 Å². The molecule has 1 aromatic heterocycles. The van der Waals surface area contributed by atoms with Crippen LogP contribution in [0.3, 0.4) is 0 Å². The fourth-order valence-electron chi connectivity index (χ4n) is 2.18. The average molecular weight is 336 g/mol. The fraction of sp³-hybridized carbons (Fsp3) is 0.333. The number of nitrogens with zero attached hydrogens (tertiary/aromatic N) is 2. The summed E-state index contributed by atoms with van der Waals surface area (Å²) in [6, 6.07) is 5.83. The van der Waals surface area contributed by atoms with Crippen molar-refractivity contribution in [3.63, 3.8) is 0 Å². The number of rotatable bonds is 4. The summed E-state index contributed by atoms with van der Waals surface area (Å²) in [6.07, 6.45) is 0.810. The molecule has 106 valence electrons. The van der Waals surface area contributed by atoms with Crippen molar-refractivity contribution in [1.82, 2.24) is 9.97 Å². The van der Waals surface area contributed by atoms with Gasteiger partial charge < -0.3 is 10.5 Å². The van der Waals surface area contributed by atoms with E-state index in [1.807, 2.05) is 32.0 Å². The number of hydrogen-bond acceptors (Lipinski definition) is 4. The van der Waals surface area contributed by atoms with Crippen molar-refractivity contribution in [2.24, 2.45) is 5.73 Å². The number of methoxy groups -OCH3 is 1. The van der Waals surface area contributed by atoms with Crippen molar-refractivity contribution in [2.45, 2.75) is 20.3 Å². The van der Waals surface area contributed by atoms with E-state index in [1.165, 1.54) is 0 Å². The van der Waals surface area contributed by atoms with Gasteiger partial charge in [0.25, 0.3) is 0 Å². The van der Waals surface area contributed by atoms with E-state index in [-0.39, 0.29) is 0 Å². The first-order valence-electron chi connectivity index (χ1n) is 6.45. The second kappa shape index (κ2) is 6.33. The number of nitrogens with two attached hydrogens (primary N) is 1. The van der Waals surface area contributed by atoms with Crippen molar-refractivity contribution in [1.29, 1.82) is 0 Å². The molecule has 2 aromatic rings. The summed E-state index contributed by atoms with van der Waals surface area (Å²) in [5.74, 6) is 1.52. The van der Waals surface area contributed by atoms with Crippen LogP contribution in [-0.4, -0.2) is 23.6 Å². The highest BCUT2D eigenvalue weighted by Crippen LogP contribution is 2.29. The monoisotopic (exact) mass is 335 g/mol. The summed E-state index contributed by atoms with van der Waals surface area (Å²) >= 11 is 3.48. The Kier molecular flexibility index (Phi) is 4.73. The van der Waals surface area contributed by atoms with Gasteiger partial charge in [0.15, 0.2) is 5.82 Å². The molecule has 0 aliphatic rings. The number of halogens is 1. The normalized spacial score (nSPS) is 10.7. The summed E-state index contributed by atoms with van der Waals surface area (Å²) in [6.45, 7) is 4.61. The van der Waals surface area contributed by atoms with E-state index in [2.05, 4.69) is 25.9 Å². The molecule has 2 rings (SSSR count). The Morgan fingerprint density at radius 2 is 1.85 bits per heavy atom. The third kappa shape index (κ3) is 2.99. The average Bonchev–Trinajstić information content (AvgIpc) is 2.42. The van der Waals surface area contributed by atoms with Crippen LogP contribution in [0.4, 0.5) is 0 Å². The molecule has 1 aromatic carbocycles. The zero-order valence-electron chi connectivity index (χ0n) is 11.9. The lowest BCUT2D eigenvalue weighted by molar-refractivity contribution is 0.412. The van der Waals surface area contributed by atoms with E-state index >= 15 is 0 Å². The zero-order chi connectivity index (χ0) is 14.7. The van der Waals surface area contributed by atoms with Gasteiger partial charge in [0.1, 0.15) is 5.75 Å². The minimum absolute atomic E-state index is 0.610. The van der Waals surface area contributed by atoms with Crippen LogP contribution in [0.25, 0.3) is 11.4 Å². The van der Waals surface area contributed by atoms with Gasteiger partial charge in [0, 0.05) is 17.0 Å². The summed E-state index contributed by atoms with van der Waals surface area (Å²) in [5, 5.41) is 0. The van der Waals surface area contributed by atoms with Crippen molar-refractivity contribution in [3.8, 4) is 17.1 Å². The standard InChI is InChI=1S/C15H18BrN3O/c1-9-12(6-7-17)10(2)19-15(18-9)11-4-5-14(20-3)13(16)8-11/h4-5,8H,6-7,17H2,1-3H3. The second-order valence-corrected chi connectivity index (χ2v) is 5.44. The van der Waals surface area contributed by atoms with Crippen LogP contribution in [-0.2, 0) is 6.42 Å². The molecule has 0 aliphatic heterocycles. The van der Waals surface area contributed by atoms with Crippen LogP contribution in [0.15, 0.2) is 22.7 Å². The molecule has 0 fully saturated rings. The smallest absolute Gasteiger partial charge is 0.159 e. The summed E-state index contributed by atoms with van der Waals surface area (Å²) < 4.78 is 6.12. The van der Waals surface area contributed by atoms with Gasteiger partial charge in [-0.1, -0.05) is 0 Å². The van der Waals surface area contributed by atoms with Crippen LogP contribution in [0, 0.1) is 13.8 Å². The molecule has 0 saturated carbocycles. The predicted molar refractivity (Wildman–Crippen MR) is 84.0 cm³/mol. The van der Waals surface area contributed by atoms with Crippen molar-refractivity contribution in [2.75, 3.05) is 13.7 Å². The molecule has 0 spiro atoms. The first kappa shape index (κ1) is 14.9. The molecule has 0 radical (unpaired) electrons. The maximum absolute atomic E-state index is 5.62. The van der Waals surface area contributed by atoms with Crippen molar-refractivity contribution >= 4 is 15.9 Å². The Morgan fingerprint density at radius 1 is 1.20 bits per heavy atom. The summed E-state index contributed by atoms with van der Waals surface area (Å²) in [7, 11) is 1.65. The Labute approximate surface area is 127 Å². The maximum Gasteiger partial charge on any atom is 0.159 e. The fourth-order valence-corrected chi connectivity index (χ4v) is 2.72. The lowest BCUT2D eigenvalue weighted by Gasteiger charge is -2.11. The third-order valence-electron chi connectivity index (χ3n) is 3.23. The second-order valence-electron chi connectivity index (χ2n) is 4.58. The highest BCUT2D eigenvalue weighted by atomic mass is 79.9.